The van der Waals surface area contributed by atoms with Crippen molar-refractivity contribution in [3.05, 3.63) is 35.7 Å². The number of methoxy groups -OCH3 is 1. The molecule has 1 aromatic heterocycles. The highest BCUT2D eigenvalue weighted by molar-refractivity contribution is 5.89. The number of fused-ring (bicyclic) bond motifs is 1. The predicted molar refractivity (Wildman–Crippen MR) is 52.9 cm³/mol. The van der Waals surface area contributed by atoms with E-state index in [0.29, 0.717) is 0 Å². The van der Waals surface area contributed by atoms with E-state index in [9.17, 15) is 8.78 Å². The van der Waals surface area contributed by atoms with Gasteiger partial charge >= 0.3 is 0 Å². The monoisotopic (exact) mass is 220 g/mol. The molecular weight excluding hydrogens is 214 g/mol. The summed E-state index contributed by atoms with van der Waals surface area (Å²) < 4.78 is 31.8. The van der Waals surface area contributed by atoms with E-state index in [4.69, 9.17) is 5.26 Å². The molecule has 0 aliphatic rings. The van der Waals surface area contributed by atoms with Crippen LogP contribution in [0.2, 0.25) is 0 Å². The Hall–Kier alpha value is -2.22. The van der Waals surface area contributed by atoms with Gasteiger partial charge in [-0.25, -0.2) is 8.78 Å². The molecule has 0 aliphatic heterocycles. The first kappa shape index (κ1) is 10.3. The molecule has 16 heavy (non-hydrogen) atoms. The van der Waals surface area contributed by atoms with E-state index in [1.165, 1.54) is 19.5 Å². The molecule has 3 nitrogen and oxygen atoms in total. The number of halogens is 2. The second kappa shape index (κ2) is 3.74. The van der Waals surface area contributed by atoms with Gasteiger partial charge in [0.2, 0.25) is 0 Å². The molecule has 5 heteroatoms. The fourth-order valence-corrected chi connectivity index (χ4v) is 1.52. The van der Waals surface area contributed by atoms with E-state index in [1.54, 1.807) is 6.07 Å². The second-order valence-corrected chi connectivity index (χ2v) is 3.10. The second-order valence-electron chi connectivity index (χ2n) is 3.10. The summed E-state index contributed by atoms with van der Waals surface area (Å²) in [5, 5.41) is 9.06. The van der Waals surface area contributed by atoms with Crippen LogP contribution < -0.4 is 4.74 Å². The fraction of sp³-hybridized carbons (Fsp3) is 0.0909. The van der Waals surface area contributed by atoms with Crippen molar-refractivity contribution in [1.82, 2.24) is 4.98 Å². The zero-order valence-electron chi connectivity index (χ0n) is 8.29. The Balaban J connectivity index is 2.96. The maximum Gasteiger partial charge on any atom is 0.191 e. The molecule has 0 N–H and O–H groups in total. The largest absolute Gasteiger partial charge is 0.491 e. The van der Waals surface area contributed by atoms with Crippen LogP contribution in [0.4, 0.5) is 8.78 Å². The molecule has 0 saturated carbocycles. The van der Waals surface area contributed by atoms with Crippen molar-refractivity contribution in [3.8, 4) is 11.8 Å². The van der Waals surface area contributed by atoms with Gasteiger partial charge in [0.25, 0.3) is 0 Å². The average Bonchev–Trinajstić information content (AvgIpc) is 2.28. The lowest BCUT2D eigenvalue weighted by atomic mass is 10.1. The number of nitrogens with zero attached hydrogens (tertiary/aromatic N) is 2. The van der Waals surface area contributed by atoms with Crippen molar-refractivity contribution >= 4 is 10.8 Å². The lowest BCUT2D eigenvalue weighted by Gasteiger charge is -2.07. The molecule has 0 amide bonds. The van der Waals surface area contributed by atoms with Gasteiger partial charge in [-0.3, -0.25) is 4.98 Å². The molecule has 0 saturated heterocycles. The van der Waals surface area contributed by atoms with E-state index in [0.717, 1.165) is 6.07 Å². The molecule has 2 aromatic rings. The van der Waals surface area contributed by atoms with Gasteiger partial charge in [0.05, 0.1) is 12.7 Å². The SMILES string of the molecule is COc1c(F)cc2cncc(C#N)c2c1F. The van der Waals surface area contributed by atoms with Crippen molar-refractivity contribution in [2.75, 3.05) is 7.11 Å². The quantitative estimate of drug-likeness (QED) is 0.741. The van der Waals surface area contributed by atoms with E-state index in [1.807, 2.05) is 0 Å². The minimum Gasteiger partial charge on any atom is -0.491 e. The van der Waals surface area contributed by atoms with E-state index >= 15 is 0 Å². The van der Waals surface area contributed by atoms with Gasteiger partial charge in [0.1, 0.15) is 6.07 Å². The Kier molecular flexibility index (Phi) is 2.41. The summed E-state index contributed by atoms with van der Waals surface area (Å²) in [6.45, 7) is 0. The number of nitriles is 1. The number of pyridine rings is 1. The van der Waals surface area contributed by atoms with Gasteiger partial charge in [-0.15, -0.1) is 0 Å². The number of hydrogen-bond acceptors (Lipinski definition) is 3. The molecule has 1 heterocycles. The Labute approximate surface area is 89.9 Å². The normalized spacial score (nSPS) is 10.1. The van der Waals surface area contributed by atoms with Crippen LogP contribution in [-0.2, 0) is 0 Å². The molecular formula is C11H6F2N2O. The topological polar surface area (TPSA) is 45.9 Å². The molecule has 80 valence electrons. The highest BCUT2D eigenvalue weighted by Crippen LogP contribution is 2.30. The maximum absolute atomic E-state index is 13.8. The van der Waals surface area contributed by atoms with Crippen LogP contribution in [0.3, 0.4) is 0 Å². The minimum absolute atomic E-state index is 0.0238. The van der Waals surface area contributed by atoms with Crippen molar-refractivity contribution in [1.29, 1.82) is 5.26 Å². The summed E-state index contributed by atoms with van der Waals surface area (Å²) in [4.78, 5) is 3.72. The first-order valence-electron chi connectivity index (χ1n) is 4.39. The molecule has 0 bridgehead atoms. The summed E-state index contributed by atoms with van der Waals surface area (Å²) >= 11 is 0. The maximum atomic E-state index is 13.8. The first-order chi connectivity index (χ1) is 7.69. The van der Waals surface area contributed by atoms with Crippen molar-refractivity contribution in [2.24, 2.45) is 0 Å². The first-order valence-corrected chi connectivity index (χ1v) is 4.39. The van der Waals surface area contributed by atoms with Crippen molar-refractivity contribution in [3.63, 3.8) is 0 Å². The molecule has 2 rings (SSSR count). The van der Waals surface area contributed by atoms with Gasteiger partial charge < -0.3 is 4.74 Å². The summed E-state index contributed by atoms with van der Waals surface area (Å²) in [5.41, 5.74) is 0.0494. The van der Waals surface area contributed by atoms with Gasteiger partial charge in [-0.2, -0.15) is 5.26 Å². The van der Waals surface area contributed by atoms with Crippen LogP contribution in [0.15, 0.2) is 18.5 Å². The number of aromatic nitrogens is 1. The average molecular weight is 220 g/mol. The number of benzene rings is 1. The third-order valence-corrected chi connectivity index (χ3v) is 2.22. The predicted octanol–water partition coefficient (Wildman–Crippen LogP) is 2.39. The summed E-state index contributed by atoms with van der Waals surface area (Å²) in [7, 11) is 1.17. The van der Waals surface area contributed by atoms with Gasteiger partial charge in [-0.1, -0.05) is 0 Å². The van der Waals surface area contributed by atoms with Gasteiger partial charge in [0.15, 0.2) is 17.4 Å². The highest BCUT2D eigenvalue weighted by Gasteiger charge is 2.16. The Morgan fingerprint density at radius 2 is 2.12 bits per heavy atom. The molecule has 0 spiro atoms. The third kappa shape index (κ3) is 1.36. The summed E-state index contributed by atoms with van der Waals surface area (Å²) in [5.74, 6) is -2.18. The Bertz CT molecular complexity index is 605. The third-order valence-electron chi connectivity index (χ3n) is 2.22. The minimum atomic E-state index is -0.878. The molecule has 1 aromatic carbocycles. The van der Waals surface area contributed by atoms with Crippen molar-refractivity contribution < 1.29 is 13.5 Å². The Morgan fingerprint density at radius 1 is 1.38 bits per heavy atom. The van der Waals surface area contributed by atoms with E-state index in [-0.39, 0.29) is 16.3 Å². The number of ether oxygens (including phenoxy) is 1. The van der Waals surface area contributed by atoms with Crippen LogP contribution in [0.25, 0.3) is 10.8 Å². The summed E-state index contributed by atoms with van der Waals surface area (Å²) in [6.07, 6.45) is 2.52. The zero-order chi connectivity index (χ0) is 11.7. The van der Waals surface area contributed by atoms with Crippen LogP contribution in [0.5, 0.6) is 5.75 Å². The van der Waals surface area contributed by atoms with Crippen LogP contribution in [0.1, 0.15) is 5.56 Å². The standard InChI is InChI=1S/C11H6F2N2O/c1-16-11-8(12)2-6-4-15-5-7(3-14)9(6)10(11)13/h2,4-5H,1H3. The van der Waals surface area contributed by atoms with Crippen LogP contribution >= 0.6 is 0 Å². The molecule has 0 aliphatic carbocycles. The molecule has 0 atom stereocenters. The lowest BCUT2D eigenvalue weighted by Crippen LogP contribution is -1.96. The lowest BCUT2D eigenvalue weighted by molar-refractivity contribution is 0.362. The summed E-state index contributed by atoms with van der Waals surface area (Å²) in [6, 6.07) is 2.89. The van der Waals surface area contributed by atoms with Gasteiger partial charge in [0, 0.05) is 23.2 Å². The highest BCUT2D eigenvalue weighted by atomic mass is 19.1. The zero-order valence-corrected chi connectivity index (χ0v) is 8.29. The van der Waals surface area contributed by atoms with Crippen LogP contribution in [-0.4, -0.2) is 12.1 Å². The fourth-order valence-electron chi connectivity index (χ4n) is 1.52. The number of rotatable bonds is 1. The molecule has 0 radical (unpaired) electrons. The molecule has 0 fully saturated rings. The molecule has 0 unspecified atom stereocenters. The number of hydrogen-bond donors (Lipinski definition) is 0. The van der Waals surface area contributed by atoms with Crippen LogP contribution in [0, 0.1) is 23.0 Å². The smallest absolute Gasteiger partial charge is 0.191 e. The van der Waals surface area contributed by atoms with E-state index in [2.05, 4.69) is 9.72 Å². The Morgan fingerprint density at radius 3 is 2.75 bits per heavy atom. The van der Waals surface area contributed by atoms with Gasteiger partial charge in [-0.05, 0) is 6.07 Å². The van der Waals surface area contributed by atoms with Crippen molar-refractivity contribution in [2.45, 2.75) is 0 Å². The van der Waals surface area contributed by atoms with E-state index < -0.39 is 17.4 Å².